The van der Waals surface area contributed by atoms with Crippen LogP contribution in [0.2, 0.25) is 0 Å². The lowest BCUT2D eigenvalue weighted by Gasteiger charge is -2.31. The fraction of sp³-hybridized carbons (Fsp3) is 0.500. The number of quaternary nitrogens is 1. The van der Waals surface area contributed by atoms with Crippen LogP contribution in [0.25, 0.3) is 0 Å². The molecular formula is C22H32N5O+. The molecule has 0 spiro atoms. The quantitative estimate of drug-likeness (QED) is 0.757. The molecule has 6 heteroatoms. The van der Waals surface area contributed by atoms with Crippen LogP contribution in [0.4, 0.5) is 5.95 Å². The molecule has 2 aromatic rings. The average Bonchev–Trinajstić information content (AvgIpc) is 2.69. The number of aromatic nitrogens is 2. The molecular weight excluding hydrogens is 350 g/mol. The van der Waals surface area contributed by atoms with Crippen LogP contribution in [-0.2, 0) is 11.2 Å². The van der Waals surface area contributed by atoms with Gasteiger partial charge in [-0.15, -0.1) is 0 Å². The first-order valence-electron chi connectivity index (χ1n) is 10.2. The minimum absolute atomic E-state index is 0.0269. The average molecular weight is 383 g/mol. The van der Waals surface area contributed by atoms with E-state index < -0.39 is 0 Å². The van der Waals surface area contributed by atoms with Crippen molar-refractivity contribution in [1.29, 1.82) is 0 Å². The number of carbonyl (C=O) groups excluding carboxylic acids is 1. The van der Waals surface area contributed by atoms with Crippen molar-refractivity contribution in [2.24, 2.45) is 5.92 Å². The standard InChI is InChI=1S/C22H31N5O/c1-17(2)15-19-5-7-20(8-6-19)18(3)25-21(28)16-26-11-13-27(14-12-26)22-23-9-4-10-24-22/h4-10,17-18H,11-16H2,1-3H3,(H,25,28)/p+1/t18-/m0/s1. The zero-order valence-corrected chi connectivity index (χ0v) is 17.2. The molecule has 0 radical (unpaired) electrons. The number of piperazine rings is 1. The summed E-state index contributed by atoms with van der Waals surface area (Å²) >= 11 is 0. The highest BCUT2D eigenvalue weighted by Gasteiger charge is 2.24. The van der Waals surface area contributed by atoms with Crippen molar-refractivity contribution in [2.75, 3.05) is 37.6 Å². The van der Waals surface area contributed by atoms with E-state index in [2.05, 4.69) is 65.2 Å². The molecule has 0 unspecified atom stereocenters. The van der Waals surface area contributed by atoms with Gasteiger partial charge in [-0.2, -0.15) is 0 Å². The molecule has 1 atom stereocenters. The van der Waals surface area contributed by atoms with Crippen LogP contribution in [0.3, 0.4) is 0 Å². The maximum atomic E-state index is 12.5. The Morgan fingerprint density at radius 1 is 1.11 bits per heavy atom. The van der Waals surface area contributed by atoms with Gasteiger partial charge in [-0.3, -0.25) is 4.79 Å². The van der Waals surface area contributed by atoms with Crippen LogP contribution in [-0.4, -0.2) is 48.6 Å². The number of nitrogens with zero attached hydrogens (tertiary/aromatic N) is 3. The molecule has 150 valence electrons. The number of amides is 1. The van der Waals surface area contributed by atoms with Gasteiger partial charge in [0.05, 0.1) is 32.2 Å². The molecule has 1 saturated heterocycles. The van der Waals surface area contributed by atoms with Crippen molar-refractivity contribution < 1.29 is 9.69 Å². The zero-order valence-electron chi connectivity index (χ0n) is 17.2. The topological polar surface area (TPSA) is 62.6 Å². The number of carbonyl (C=O) groups is 1. The predicted octanol–water partition coefficient (Wildman–Crippen LogP) is 1.26. The Hall–Kier alpha value is -2.47. The number of rotatable bonds is 7. The second-order valence-corrected chi connectivity index (χ2v) is 8.09. The lowest BCUT2D eigenvalue weighted by molar-refractivity contribution is -0.892. The van der Waals surface area contributed by atoms with E-state index in [0.717, 1.165) is 44.1 Å². The largest absolute Gasteiger partial charge is 0.345 e. The van der Waals surface area contributed by atoms with Crippen LogP contribution < -0.4 is 15.1 Å². The number of hydrogen-bond acceptors (Lipinski definition) is 4. The Balaban J connectivity index is 1.44. The van der Waals surface area contributed by atoms with Gasteiger partial charge in [0.1, 0.15) is 0 Å². The highest BCUT2D eigenvalue weighted by molar-refractivity contribution is 5.77. The summed E-state index contributed by atoms with van der Waals surface area (Å²) in [4.78, 5) is 24.6. The Morgan fingerprint density at radius 3 is 2.36 bits per heavy atom. The van der Waals surface area contributed by atoms with Gasteiger partial charge in [0, 0.05) is 12.4 Å². The monoisotopic (exact) mass is 382 g/mol. The van der Waals surface area contributed by atoms with Gasteiger partial charge in [0.15, 0.2) is 6.54 Å². The summed E-state index contributed by atoms with van der Waals surface area (Å²) in [6.07, 6.45) is 4.63. The highest BCUT2D eigenvalue weighted by atomic mass is 16.2. The van der Waals surface area contributed by atoms with Crippen LogP contribution in [0.15, 0.2) is 42.7 Å². The molecule has 28 heavy (non-hydrogen) atoms. The van der Waals surface area contributed by atoms with Crippen molar-refractivity contribution in [1.82, 2.24) is 15.3 Å². The van der Waals surface area contributed by atoms with Crippen LogP contribution in [0.1, 0.15) is 37.9 Å². The lowest BCUT2D eigenvalue weighted by Crippen LogP contribution is -3.16. The summed E-state index contributed by atoms with van der Waals surface area (Å²) in [5.41, 5.74) is 2.50. The minimum Gasteiger partial charge on any atom is -0.345 e. The summed E-state index contributed by atoms with van der Waals surface area (Å²) in [6.45, 7) is 10.6. The molecule has 1 aliphatic rings. The number of nitrogens with one attached hydrogen (secondary N) is 2. The molecule has 2 heterocycles. The maximum absolute atomic E-state index is 12.5. The summed E-state index contributed by atoms with van der Waals surface area (Å²) in [6, 6.07) is 10.5. The first kappa shape index (κ1) is 20.3. The normalized spacial score (nSPS) is 16.2. The molecule has 1 aromatic carbocycles. The van der Waals surface area contributed by atoms with E-state index in [9.17, 15) is 4.79 Å². The second-order valence-electron chi connectivity index (χ2n) is 8.09. The van der Waals surface area contributed by atoms with E-state index in [-0.39, 0.29) is 11.9 Å². The molecule has 3 rings (SSSR count). The summed E-state index contributed by atoms with van der Waals surface area (Å²) in [5.74, 6) is 1.54. The van der Waals surface area contributed by atoms with Gasteiger partial charge in [-0.1, -0.05) is 38.1 Å². The highest BCUT2D eigenvalue weighted by Crippen LogP contribution is 2.15. The molecule has 2 N–H and O–H groups in total. The fourth-order valence-corrected chi connectivity index (χ4v) is 3.67. The van der Waals surface area contributed by atoms with E-state index in [1.165, 1.54) is 10.5 Å². The molecule has 0 bridgehead atoms. The second kappa shape index (κ2) is 9.64. The van der Waals surface area contributed by atoms with Crippen LogP contribution >= 0.6 is 0 Å². The molecule has 0 aliphatic carbocycles. The summed E-state index contributed by atoms with van der Waals surface area (Å²) in [5, 5.41) is 3.15. The van der Waals surface area contributed by atoms with E-state index in [1.54, 1.807) is 12.4 Å². The van der Waals surface area contributed by atoms with Crippen LogP contribution in [0.5, 0.6) is 0 Å². The van der Waals surface area contributed by atoms with Crippen molar-refractivity contribution in [3.05, 3.63) is 53.9 Å². The first-order valence-corrected chi connectivity index (χ1v) is 10.2. The molecule has 1 aliphatic heterocycles. The molecule has 6 nitrogen and oxygen atoms in total. The smallest absolute Gasteiger partial charge is 0.275 e. The Bertz CT molecular complexity index is 739. The Kier molecular flexibility index (Phi) is 6.98. The van der Waals surface area contributed by atoms with Crippen molar-refractivity contribution >= 4 is 11.9 Å². The Morgan fingerprint density at radius 2 is 1.75 bits per heavy atom. The molecule has 1 aromatic heterocycles. The van der Waals surface area contributed by atoms with Crippen LogP contribution in [0, 0.1) is 5.92 Å². The van der Waals surface area contributed by atoms with E-state index >= 15 is 0 Å². The fourth-order valence-electron chi connectivity index (χ4n) is 3.67. The van der Waals surface area contributed by atoms with Gasteiger partial charge >= 0.3 is 0 Å². The third kappa shape index (κ3) is 5.76. The van der Waals surface area contributed by atoms with Crippen molar-refractivity contribution in [3.63, 3.8) is 0 Å². The summed E-state index contributed by atoms with van der Waals surface area (Å²) in [7, 11) is 0. The minimum atomic E-state index is 0.0269. The summed E-state index contributed by atoms with van der Waals surface area (Å²) < 4.78 is 0. The SMILES string of the molecule is CC(C)Cc1ccc([C@H](C)NC(=O)C[NH+]2CCN(c3ncccn3)CC2)cc1. The van der Waals surface area contributed by atoms with Gasteiger partial charge in [0.25, 0.3) is 5.91 Å². The molecule has 0 saturated carbocycles. The van der Waals surface area contributed by atoms with E-state index in [1.807, 2.05) is 6.07 Å². The molecule has 1 fully saturated rings. The predicted molar refractivity (Wildman–Crippen MR) is 111 cm³/mol. The maximum Gasteiger partial charge on any atom is 0.275 e. The Labute approximate surface area is 168 Å². The van der Waals surface area contributed by atoms with Gasteiger partial charge in [-0.05, 0) is 36.5 Å². The first-order chi connectivity index (χ1) is 13.5. The molecule has 1 amide bonds. The van der Waals surface area contributed by atoms with Gasteiger partial charge in [-0.25, -0.2) is 9.97 Å². The lowest BCUT2D eigenvalue weighted by atomic mass is 10.00. The van der Waals surface area contributed by atoms with Gasteiger partial charge < -0.3 is 15.1 Å². The number of benzene rings is 1. The van der Waals surface area contributed by atoms with Crippen molar-refractivity contribution in [3.8, 4) is 0 Å². The van der Waals surface area contributed by atoms with Gasteiger partial charge in [0.2, 0.25) is 5.95 Å². The zero-order chi connectivity index (χ0) is 19.9. The third-order valence-electron chi connectivity index (χ3n) is 5.22. The number of anilines is 1. The van der Waals surface area contributed by atoms with E-state index in [0.29, 0.717) is 12.5 Å². The third-order valence-corrected chi connectivity index (χ3v) is 5.22. The van der Waals surface area contributed by atoms with Crippen molar-refractivity contribution in [2.45, 2.75) is 33.2 Å². The van der Waals surface area contributed by atoms with E-state index in [4.69, 9.17) is 0 Å². The number of hydrogen-bond donors (Lipinski definition) is 2.